The summed E-state index contributed by atoms with van der Waals surface area (Å²) in [6.07, 6.45) is 3.63. The van der Waals surface area contributed by atoms with Crippen molar-refractivity contribution in [2.24, 2.45) is 11.7 Å². The van der Waals surface area contributed by atoms with Crippen LogP contribution in [0, 0.1) is 5.92 Å². The van der Waals surface area contributed by atoms with Crippen molar-refractivity contribution in [2.75, 3.05) is 17.7 Å². The first-order valence-electron chi connectivity index (χ1n) is 6.59. The molecule has 2 heterocycles. The summed E-state index contributed by atoms with van der Waals surface area (Å²) in [7, 11) is 0. The SMILES string of the molecule is NC(=O)c1ccc(N)c(NC2CCOC2C2CC2)n1. The van der Waals surface area contributed by atoms with Gasteiger partial charge in [-0.05, 0) is 37.3 Å². The van der Waals surface area contributed by atoms with E-state index in [-0.39, 0.29) is 17.8 Å². The van der Waals surface area contributed by atoms with Crippen molar-refractivity contribution in [3.8, 4) is 0 Å². The normalized spacial score (nSPS) is 26.3. The number of nitrogen functional groups attached to an aromatic ring is 1. The van der Waals surface area contributed by atoms with Gasteiger partial charge in [0.15, 0.2) is 0 Å². The molecule has 1 aliphatic carbocycles. The summed E-state index contributed by atoms with van der Waals surface area (Å²) in [5, 5.41) is 3.31. The number of hydrogen-bond donors (Lipinski definition) is 3. The first-order chi connectivity index (χ1) is 9.15. The zero-order chi connectivity index (χ0) is 13.4. The molecule has 1 aromatic rings. The number of nitrogens with two attached hydrogens (primary N) is 2. The van der Waals surface area contributed by atoms with E-state index in [9.17, 15) is 4.79 Å². The van der Waals surface area contributed by atoms with Gasteiger partial charge < -0.3 is 21.5 Å². The molecule has 2 fully saturated rings. The summed E-state index contributed by atoms with van der Waals surface area (Å²) >= 11 is 0. The van der Waals surface area contributed by atoms with Crippen LogP contribution in [0.1, 0.15) is 29.8 Å². The molecule has 1 saturated carbocycles. The highest BCUT2D eigenvalue weighted by Crippen LogP contribution is 2.39. The number of anilines is 2. The number of nitrogens with one attached hydrogen (secondary N) is 1. The summed E-state index contributed by atoms with van der Waals surface area (Å²) in [5.41, 5.74) is 11.9. The molecule has 2 aliphatic rings. The van der Waals surface area contributed by atoms with E-state index in [2.05, 4.69) is 10.3 Å². The Morgan fingerprint density at radius 3 is 2.84 bits per heavy atom. The molecule has 2 unspecified atom stereocenters. The molecule has 2 atom stereocenters. The van der Waals surface area contributed by atoms with Crippen LogP contribution in [0.25, 0.3) is 0 Å². The summed E-state index contributed by atoms with van der Waals surface area (Å²) < 4.78 is 5.76. The molecule has 6 heteroatoms. The van der Waals surface area contributed by atoms with E-state index >= 15 is 0 Å². The van der Waals surface area contributed by atoms with Gasteiger partial charge in [-0.3, -0.25) is 4.79 Å². The van der Waals surface area contributed by atoms with Crippen LogP contribution >= 0.6 is 0 Å². The molecule has 102 valence electrons. The maximum Gasteiger partial charge on any atom is 0.267 e. The molecule has 3 rings (SSSR count). The van der Waals surface area contributed by atoms with Crippen LogP contribution in [-0.4, -0.2) is 29.6 Å². The predicted molar refractivity (Wildman–Crippen MR) is 71.7 cm³/mol. The van der Waals surface area contributed by atoms with Crippen LogP contribution in [0.15, 0.2) is 12.1 Å². The summed E-state index contributed by atoms with van der Waals surface area (Å²) in [6.45, 7) is 0.758. The molecule has 1 aliphatic heterocycles. The third-order valence-electron chi connectivity index (χ3n) is 3.72. The second kappa shape index (κ2) is 4.70. The van der Waals surface area contributed by atoms with Crippen molar-refractivity contribution in [3.05, 3.63) is 17.8 Å². The molecule has 6 nitrogen and oxygen atoms in total. The molecule has 5 N–H and O–H groups in total. The zero-order valence-electron chi connectivity index (χ0n) is 10.6. The second-order valence-corrected chi connectivity index (χ2v) is 5.21. The number of pyridine rings is 1. The third kappa shape index (κ3) is 2.49. The smallest absolute Gasteiger partial charge is 0.267 e. The van der Waals surface area contributed by atoms with Crippen molar-refractivity contribution < 1.29 is 9.53 Å². The van der Waals surface area contributed by atoms with Gasteiger partial charge >= 0.3 is 0 Å². The van der Waals surface area contributed by atoms with Crippen LogP contribution < -0.4 is 16.8 Å². The van der Waals surface area contributed by atoms with Crippen molar-refractivity contribution in [1.29, 1.82) is 0 Å². The molecule has 19 heavy (non-hydrogen) atoms. The van der Waals surface area contributed by atoms with Crippen molar-refractivity contribution in [1.82, 2.24) is 4.98 Å². The van der Waals surface area contributed by atoms with Crippen molar-refractivity contribution in [2.45, 2.75) is 31.4 Å². The van der Waals surface area contributed by atoms with Gasteiger partial charge in [0.2, 0.25) is 0 Å². The molecular formula is C13H18N4O2. The number of amides is 1. The maximum atomic E-state index is 11.2. The van der Waals surface area contributed by atoms with Crippen LogP contribution in [0.4, 0.5) is 11.5 Å². The number of hydrogen-bond acceptors (Lipinski definition) is 5. The Morgan fingerprint density at radius 2 is 2.16 bits per heavy atom. The van der Waals surface area contributed by atoms with Gasteiger partial charge in [0, 0.05) is 6.61 Å². The number of ether oxygens (including phenoxy) is 1. The second-order valence-electron chi connectivity index (χ2n) is 5.21. The summed E-state index contributed by atoms with van der Waals surface area (Å²) in [4.78, 5) is 15.3. The lowest BCUT2D eigenvalue weighted by Gasteiger charge is -2.21. The summed E-state index contributed by atoms with van der Waals surface area (Å²) in [5.74, 6) is 0.627. The number of nitrogens with zero attached hydrogens (tertiary/aromatic N) is 1. The number of carbonyl (C=O) groups excluding carboxylic acids is 1. The largest absolute Gasteiger partial charge is 0.396 e. The lowest BCUT2D eigenvalue weighted by molar-refractivity contribution is 0.0898. The Kier molecular flexibility index (Phi) is 3.02. The van der Waals surface area contributed by atoms with Crippen molar-refractivity contribution in [3.63, 3.8) is 0 Å². The Labute approximate surface area is 111 Å². The lowest BCUT2D eigenvalue weighted by Crippen LogP contribution is -2.32. The molecule has 0 bridgehead atoms. The van der Waals surface area contributed by atoms with Gasteiger partial charge in [-0.2, -0.15) is 0 Å². The molecule has 1 amide bonds. The van der Waals surface area contributed by atoms with Gasteiger partial charge in [0.25, 0.3) is 5.91 Å². The highest BCUT2D eigenvalue weighted by Gasteiger charge is 2.40. The highest BCUT2D eigenvalue weighted by atomic mass is 16.5. The molecule has 0 aromatic carbocycles. The van der Waals surface area contributed by atoms with Gasteiger partial charge in [0.05, 0.1) is 17.8 Å². The number of primary amides is 1. The van der Waals surface area contributed by atoms with E-state index in [1.807, 2.05) is 0 Å². The monoisotopic (exact) mass is 262 g/mol. The van der Waals surface area contributed by atoms with E-state index in [1.165, 1.54) is 18.9 Å². The molecule has 1 saturated heterocycles. The van der Waals surface area contributed by atoms with E-state index in [0.717, 1.165) is 13.0 Å². The molecule has 0 radical (unpaired) electrons. The quantitative estimate of drug-likeness (QED) is 0.742. The van der Waals surface area contributed by atoms with E-state index in [0.29, 0.717) is 17.4 Å². The Morgan fingerprint density at radius 1 is 1.37 bits per heavy atom. The minimum atomic E-state index is -0.551. The third-order valence-corrected chi connectivity index (χ3v) is 3.72. The fourth-order valence-electron chi connectivity index (χ4n) is 2.55. The van der Waals surface area contributed by atoms with Gasteiger partial charge in [-0.25, -0.2) is 4.98 Å². The maximum absolute atomic E-state index is 11.2. The van der Waals surface area contributed by atoms with E-state index in [1.54, 1.807) is 6.07 Å². The van der Waals surface area contributed by atoms with Crippen molar-refractivity contribution >= 4 is 17.4 Å². The average molecular weight is 262 g/mol. The number of rotatable bonds is 4. The zero-order valence-corrected chi connectivity index (χ0v) is 10.6. The topological polar surface area (TPSA) is 103 Å². The fraction of sp³-hybridized carbons (Fsp3) is 0.538. The van der Waals surface area contributed by atoms with Gasteiger partial charge in [-0.15, -0.1) is 0 Å². The summed E-state index contributed by atoms with van der Waals surface area (Å²) in [6, 6.07) is 3.40. The highest BCUT2D eigenvalue weighted by molar-refractivity contribution is 5.91. The lowest BCUT2D eigenvalue weighted by atomic mass is 10.1. The number of carbonyl (C=O) groups is 1. The minimum absolute atomic E-state index is 0.213. The van der Waals surface area contributed by atoms with Crippen LogP contribution in [0.3, 0.4) is 0 Å². The number of aromatic nitrogens is 1. The minimum Gasteiger partial charge on any atom is -0.396 e. The van der Waals surface area contributed by atoms with Crippen LogP contribution in [0.5, 0.6) is 0 Å². The standard InChI is InChI=1S/C13H18N4O2/c14-8-3-4-10(12(15)18)17-13(8)16-9-5-6-19-11(9)7-1-2-7/h3-4,7,9,11H,1-2,5-6,14H2,(H2,15,18)(H,16,17). The van der Waals surface area contributed by atoms with E-state index in [4.69, 9.17) is 16.2 Å². The van der Waals surface area contributed by atoms with Gasteiger partial charge in [0.1, 0.15) is 11.5 Å². The van der Waals surface area contributed by atoms with E-state index < -0.39 is 5.91 Å². The fourth-order valence-corrected chi connectivity index (χ4v) is 2.55. The molecule has 1 aromatic heterocycles. The predicted octanol–water partition coefficient (Wildman–Crippen LogP) is 0.742. The Hall–Kier alpha value is -1.82. The first kappa shape index (κ1) is 12.2. The molecule has 0 spiro atoms. The Balaban J connectivity index is 1.78. The first-order valence-corrected chi connectivity index (χ1v) is 6.59. The van der Waals surface area contributed by atoms with Crippen LogP contribution in [0.2, 0.25) is 0 Å². The molecular weight excluding hydrogens is 244 g/mol. The average Bonchev–Trinajstić information content (AvgIpc) is 3.12. The van der Waals surface area contributed by atoms with Crippen LogP contribution in [-0.2, 0) is 4.74 Å². The van der Waals surface area contributed by atoms with Gasteiger partial charge in [-0.1, -0.05) is 0 Å². The Bertz CT molecular complexity index is 501.